The lowest BCUT2D eigenvalue weighted by Gasteiger charge is -2.28. The number of amides is 1. The van der Waals surface area contributed by atoms with Gasteiger partial charge in [0.05, 0.1) is 59.7 Å². The van der Waals surface area contributed by atoms with E-state index in [1.54, 1.807) is 19.1 Å². The van der Waals surface area contributed by atoms with Crippen molar-refractivity contribution in [2.45, 2.75) is 61.5 Å². The van der Waals surface area contributed by atoms with Gasteiger partial charge in [0.2, 0.25) is 5.95 Å². The number of hydrogen-bond acceptors (Lipinski definition) is 10. The summed E-state index contributed by atoms with van der Waals surface area (Å²) in [5.74, 6) is 0.0513. The number of nitrogens with zero attached hydrogens (tertiary/aromatic N) is 3. The van der Waals surface area contributed by atoms with Gasteiger partial charge in [-0.3, -0.25) is 4.79 Å². The maximum atomic E-state index is 13.0. The summed E-state index contributed by atoms with van der Waals surface area (Å²) in [5, 5.41) is 12.7. The van der Waals surface area contributed by atoms with Crippen LogP contribution in [0.1, 0.15) is 53.7 Å². The van der Waals surface area contributed by atoms with Crippen LogP contribution < -0.4 is 15.0 Å². The van der Waals surface area contributed by atoms with Crippen LogP contribution in [0.5, 0.6) is 5.75 Å². The molecule has 0 saturated carbocycles. The van der Waals surface area contributed by atoms with Crippen molar-refractivity contribution in [3.63, 3.8) is 0 Å². The Hall–Kier alpha value is -3.79. The minimum Gasteiger partial charge on any atom is -0.489 e. The molecule has 2 fully saturated rings. The number of aliphatic hydroxyl groups is 1. The van der Waals surface area contributed by atoms with Crippen LogP contribution in [0.3, 0.4) is 0 Å². The Balaban J connectivity index is 1.26. The average molecular weight is 679 g/mol. The third kappa shape index (κ3) is 8.77. The number of carbonyl (C=O) groups excluding carboxylic acids is 1. The van der Waals surface area contributed by atoms with Crippen molar-refractivity contribution in [3.05, 3.63) is 77.6 Å². The van der Waals surface area contributed by atoms with Crippen LogP contribution >= 0.6 is 0 Å². The fourth-order valence-electron chi connectivity index (χ4n) is 5.50. The van der Waals surface area contributed by atoms with Gasteiger partial charge in [0.15, 0.2) is 9.84 Å². The van der Waals surface area contributed by atoms with Crippen molar-refractivity contribution >= 4 is 21.7 Å². The molecule has 3 heterocycles. The van der Waals surface area contributed by atoms with E-state index >= 15 is 0 Å². The highest BCUT2D eigenvalue weighted by Gasteiger charge is 2.36. The molecule has 2 aliphatic heterocycles. The number of carbonyl (C=O) groups is 1. The number of aromatic nitrogens is 2. The molecule has 3 aromatic rings. The van der Waals surface area contributed by atoms with Crippen molar-refractivity contribution < 1.29 is 45.7 Å². The molecule has 0 unspecified atom stereocenters. The molecule has 3 atom stereocenters. The number of halogens is 3. The first-order chi connectivity index (χ1) is 22.5. The molecule has 5 rings (SSSR count). The molecule has 1 aromatic heterocycles. The summed E-state index contributed by atoms with van der Waals surface area (Å²) in [6.07, 6.45) is -0.00558. The Morgan fingerprint density at radius 3 is 2.32 bits per heavy atom. The highest BCUT2D eigenvalue weighted by molar-refractivity contribution is 7.91. The molecule has 11 nitrogen and oxygen atoms in total. The van der Waals surface area contributed by atoms with Gasteiger partial charge in [-0.25, -0.2) is 18.4 Å². The number of sulfone groups is 1. The lowest BCUT2D eigenvalue weighted by Crippen LogP contribution is -2.37. The molecule has 0 bridgehead atoms. The van der Waals surface area contributed by atoms with E-state index in [1.807, 2.05) is 4.90 Å². The Morgan fingerprint density at radius 2 is 1.72 bits per heavy atom. The molecule has 0 spiro atoms. The summed E-state index contributed by atoms with van der Waals surface area (Å²) in [4.78, 5) is 24.0. The van der Waals surface area contributed by atoms with Crippen LogP contribution in [0.15, 0.2) is 65.8 Å². The van der Waals surface area contributed by atoms with Crippen LogP contribution in [-0.2, 0) is 25.5 Å². The van der Waals surface area contributed by atoms with E-state index in [4.69, 9.17) is 14.2 Å². The largest absolute Gasteiger partial charge is 0.489 e. The number of anilines is 1. The molecular formula is C32H37F3N4O7S. The van der Waals surface area contributed by atoms with Gasteiger partial charge >= 0.3 is 6.18 Å². The second-order valence-electron chi connectivity index (χ2n) is 11.4. The van der Waals surface area contributed by atoms with Gasteiger partial charge in [0, 0.05) is 32.0 Å². The maximum Gasteiger partial charge on any atom is 0.416 e. The van der Waals surface area contributed by atoms with E-state index in [0.717, 1.165) is 25.0 Å². The topological polar surface area (TPSA) is 140 Å². The van der Waals surface area contributed by atoms with Gasteiger partial charge in [-0.1, -0.05) is 19.1 Å². The predicted molar refractivity (Wildman–Crippen MR) is 165 cm³/mol. The SMILES string of the molecule is CCS(=O)(=O)c1ccc([C@H](CO)NC(=O)c2cnc(N3C[C@H](Oc4ccc(C(F)(F)F)cc4)C[C@H]3COC3CCOCC3)nc2)cc1. The number of nitrogens with one attached hydrogen (secondary N) is 1. The molecule has 2 aliphatic rings. The fraction of sp³-hybridized carbons (Fsp3) is 0.469. The molecular weight excluding hydrogens is 641 g/mol. The molecule has 15 heteroatoms. The van der Waals surface area contributed by atoms with Gasteiger partial charge in [0.25, 0.3) is 5.91 Å². The van der Waals surface area contributed by atoms with Crippen molar-refractivity contribution in [1.29, 1.82) is 0 Å². The third-order valence-corrected chi connectivity index (χ3v) is 9.97. The van der Waals surface area contributed by atoms with E-state index in [1.165, 1.54) is 36.7 Å². The molecule has 0 radical (unpaired) electrons. The van der Waals surface area contributed by atoms with E-state index in [9.17, 15) is 31.5 Å². The number of hydrogen-bond donors (Lipinski definition) is 2. The molecule has 0 aliphatic carbocycles. The molecule has 2 aromatic carbocycles. The lowest BCUT2D eigenvalue weighted by molar-refractivity contribution is -0.137. The summed E-state index contributed by atoms with van der Waals surface area (Å²) in [5.41, 5.74) is -0.0927. The Bertz CT molecular complexity index is 1580. The number of rotatable bonds is 12. The zero-order valence-corrected chi connectivity index (χ0v) is 26.5. The number of alkyl halides is 3. The highest BCUT2D eigenvalue weighted by atomic mass is 32.2. The summed E-state index contributed by atoms with van der Waals surface area (Å²) in [6.45, 7) is 3.05. The molecule has 254 valence electrons. The summed E-state index contributed by atoms with van der Waals surface area (Å²) in [6, 6.07) is 9.52. The van der Waals surface area contributed by atoms with Gasteiger partial charge in [-0.2, -0.15) is 13.2 Å². The number of aliphatic hydroxyl groups excluding tert-OH is 1. The maximum absolute atomic E-state index is 13.0. The minimum atomic E-state index is -4.44. The van der Waals surface area contributed by atoms with E-state index in [-0.39, 0.29) is 34.5 Å². The van der Waals surface area contributed by atoms with Gasteiger partial charge < -0.3 is 29.5 Å². The quantitative estimate of drug-likeness (QED) is 0.289. The van der Waals surface area contributed by atoms with Crippen LogP contribution in [0, 0.1) is 0 Å². The van der Waals surface area contributed by atoms with Crippen molar-refractivity contribution in [3.8, 4) is 5.75 Å². The zero-order valence-electron chi connectivity index (χ0n) is 25.7. The van der Waals surface area contributed by atoms with Crippen LogP contribution in [0.4, 0.5) is 19.1 Å². The Kier molecular flexibility index (Phi) is 11.0. The smallest absolute Gasteiger partial charge is 0.416 e. The molecule has 2 saturated heterocycles. The van der Waals surface area contributed by atoms with Crippen LogP contribution in [0.2, 0.25) is 0 Å². The lowest BCUT2D eigenvalue weighted by atomic mass is 10.1. The second-order valence-corrected chi connectivity index (χ2v) is 13.7. The number of benzene rings is 2. The summed E-state index contributed by atoms with van der Waals surface area (Å²) in [7, 11) is -3.39. The first-order valence-electron chi connectivity index (χ1n) is 15.3. The van der Waals surface area contributed by atoms with Gasteiger partial charge in [-0.15, -0.1) is 0 Å². The van der Waals surface area contributed by atoms with Gasteiger partial charge in [0.1, 0.15) is 11.9 Å². The third-order valence-electron chi connectivity index (χ3n) is 8.22. The fourth-order valence-corrected chi connectivity index (χ4v) is 6.39. The van der Waals surface area contributed by atoms with E-state index < -0.39 is 40.1 Å². The van der Waals surface area contributed by atoms with Crippen molar-refractivity contribution in [2.24, 2.45) is 0 Å². The summed E-state index contributed by atoms with van der Waals surface area (Å²) < 4.78 is 80.9. The van der Waals surface area contributed by atoms with Crippen LogP contribution in [0.25, 0.3) is 0 Å². The van der Waals surface area contributed by atoms with Crippen molar-refractivity contribution in [1.82, 2.24) is 15.3 Å². The first kappa shape index (κ1) is 34.5. The average Bonchev–Trinajstić information content (AvgIpc) is 3.48. The van der Waals surface area contributed by atoms with Crippen LogP contribution in [-0.4, -0.2) is 86.4 Å². The molecule has 2 N–H and O–H groups in total. The zero-order chi connectivity index (χ0) is 33.6. The minimum absolute atomic E-state index is 0.0409. The monoisotopic (exact) mass is 678 g/mol. The first-order valence-corrected chi connectivity index (χ1v) is 17.0. The highest BCUT2D eigenvalue weighted by Crippen LogP contribution is 2.32. The molecule has 47 heavy (non-hydrogen) atoms. The Labute approximate surface area is 271 Å². The summed E-state index contributed by atoms with van der Waals surface area (Å²) >= 11 is 0. The van der Waals surface area contributed by atoms with Gasteiger partial charge in [-0.05, 0) is 54.8 Å². The van der Waals surface area contributed by atoms with E-state index in [0.29, 0.717) is 50.0 Å². The second kappa shape index (κ2) is 15.0. The standard InChI is InChI=1S/C32H37F3N4O7S/c1-2-47(42,43)28-9-3-21(4-10-28)29(19-40)38-30(41)22-16-36-31(37-17-22)39-18-27(15-24(39)20-45-25-11-13-44-14-12-25)46-26-7-5-23(6-8-26)32(33,34)35/h3-10,16-17,24-25,27,29,40H,2,11-15,18-20H2,1H3,(H,38,41)/t24-,27+,29-/m0/s1. The molecule has 1 amide bonds. The van der Waals surface area contributed by atoms with Crippen molar-refractivity contribution in [2.75, 3.05) is 43.6 Å². The van der Waals surface area contributed by atoms with E-state index in [2.05, 4.69) is 15.3 Å². The normalized spacial score (nSPS) is 19.8. The Morgan fingerprint density at radius 1 is 1.06 bits per heavy atom. The number of ether oxygens (including phenoxy) is 3. The predicted octanol–water partition coefficient (Wildman–Crippen LogP) is 3.97.